The van der Waals surface area contributed by atoms with E-state index in [-0.39, 0.29) is 12.5 Å². The highest BCUT2D eigenvalue weighted by Crippen LogP contribution is 2.30. The third-order valence-corrected chi connectivity index (χ3v) is 4.22. The second kappa shape index (κ2) is 6.04. The Morgan fingerprint density at radius 1 is 1.43 bits per heavy atom. The number of aromatic nitrogens is 2. The zero-order chi connectivity index (χ0) is 14.7. The van der Waals surface area contributed by atoms with E-state index in [0.29, 0.717) is 16.3 Å². The van der Waals surface area contributed by atoms with Crippen LogP contribution in [0.4, 0.5) is 5.13 Å². The van der Waals surface area contributed by atoms with E-state index < -0.39 is 0 Å². The third kappa shape index (κ3) is 3.10. The van der Waals surface area contributed by atoms with Crippen LogP contribution in [0.2, 0.25) is 0 Å². The van der Waals surface area contributed by atoms with Crippen LogP contribution in [0.25, 0.3) is 0 Å². The minimum Gasteiger partial charge on any atom is -0.320 e. The first-order valence-electron chi connectivity index (χ1n) is 6.70. The van der Waals surface area contributed by atoms with Gasteiger partial charge in [0.1, 0.15) is 0 Å². The molecule has 21 heavy (non-hydrogen) atoms. The number of carbonyl (C=O) groups is 1. The summed E-state index contributed by atoms with van der Waals surface area (Å²) >= 11 is 1.56. The molecule has 0 radical (unpaired) electrons. The van der Waals surface area contributed by atoms with E-state index in [4.69, 9.17) is 5.73 Å². The number of aryl methyl sites for hydroxylation is 2. The number of nitrogens with one attached hydrogen (secondary N) is 1. The molecule has 1 amide bonds. The van der Waals surface area contributed by atoms with E-state index in [1.54, 1.807) is 23.6 Å². The first-order valence-corrected chi connectivity index (χ1v) is 7.52. The fourth-order valence-corrected chi connectivity index (χ4v) is 3.24. The Hall–Kier alpha value is -2.23. The molecule has 1 aliphatic carbocycles. The molecule has 0 aliphatic heterocycles. The van der Waals surface area contributed by atoms with Crippen molar-refractivity contribution in [3.05, 3.63) is 40.2 Å². The quantitative estimate of drug-likeness (QED) is 0.825. The van der Waals surface area contributed by atoms with E-state index in [1.807, 2.05) is 0 Å². The predicted octanol–water partition coefficient (Wildman–Crippen LogP) is 1.59. The van der Waals surface area contributed by atoms with Crippen LogP contribution in [-0.4, -0.2) is 22.4 Å². The summed E-state index contributed by atoms with van der Waals surface area (Å²) < 4.78 is 0. The summed E-state index contributed by atoms with van der Waals surface area (Å²) in [4.78, 5) is 22.0. The van der Waals surface area contributed by atoms with E-state index in [1.165, 1.54) is 11.1 Å². The van der Waals surface area contributed by atoms with Gasteiger partial charge in [-0.3, -0.25) is 15.1 Å². The molecular weight excluding hydrogens is 284 g/mol. The summed E-state index contributed by atoms with van der Waals surface area (Å²) in [6.45, 7) is 0.279. The number of hydrogen-bond acceptors (Lipinski definition) is 5. The lowest BCUT2D eigenvalue weighted by molar-refractivity contribution is 0.102. The summed E-state index contributed by atoms with van der Waals surface area (Å²) in [6.07, 6.45) is 6.36. The number of nitrogens with zero attached hydrogens (tertiary/aromatic N) is 2. The molecule has 0 saturated carbocycles. The number of anilines is 1. The van der Waals surface area contributed by atoms with Crippen molar-refractivity contribution in [1.82, 2.24) is 9.97 Å². The van der Waals surface area contributed by atoms with Crippen LogP contribution in [0.15, 0.2) is 18.5 Å². The Labute approximate surface area is 126 Å². The second-order valence-electron chi connectivity index (χ2n) is 4.66. The van der Waals surface area contributed by atoms with E-state index in [9.17, 15) is 4.79 Å². The van der Waals surface area contributed by atoms with Crippen LogP contribution in [0, 0.1) is 11.8 Å². The molecule has 2 heterocycles. The maximum Gasteiger partial charge on any atom is 0.259 e. The highest BCUT2D eigenvalue weighted by molar-refractivity contribution is 7.15. The molecule has 0 saturated heterocycles. The van der Waals surface area contributed by atoms with Gasteiger partial charge in [0.15, 0.2) is 5.13 Å². The lowest BCUT2D eigenvalue weighted by Gasteiger charge is -2.01. The molecule has 3 rings (SSSR count). The molecule has 1 aliphatic rings. The molecular formula is C15H14N4OS. The molecule has 3 N–H and O–H groups in total. The van der Waals surface area contributed by atoms with Gasteiger partial charge in [-0.05, 0) is 25.3 Å². The maximum absolute atomic E-state index is 12.2. The molecule has 0 unspecified atom stereocenters. The summed E-state index contributed by atoms with van der Waals surface area (Å²) in [5.74, 6) is 5.39. The summed E-state index contributed by atoms with van der Waals surface area (Å²) in [5.41, 5.74) is 7.60. The van der Waals surface area contributed by atoms with Crippen LogP contribution >= 0.6 is 11.3 Å². The van der Waals surface area contributed by atoms with Crippen LogP contribution in [0.1, 0.15) is 32.9 Å². The number of hydrogen-bond donors (Lipinski definition) is 2. The molecule has 0 bridgehead atoms. The Morgan fingerprint density at radius 2 is 2.33 bits per heavy atom. The van der Waals surface area contributed by atoms with Crippen LogP contribution in [0.5, 0.6) is 0 Å². The minimum absolute atomic E-state index is 0.216. The van der Waals surface area contributed by atoms with Crippen LogP contribution < -0.4 is 11.1 Å². The highest BCUT2D eigenvalue weighted by atomic mass is 32.1. The Bertz CT molecular complexity index is 720. The number of thiazole rings is 1. The van der Waals surface area contributed by atoms with Crippen molar-refractivity contribution >= 4 is 22.4 Å². The Kier molecular flexibility index (Phi) is 3.95. The van der Waals surface area contributed by atoms with Gasteiger partial charge in [0.2, 0.25) is 0 Å². The number of rotatable bonds is 2. The summed E-state index contributed by atoms with van der Waals surface area (Å²) in [7, 11) is 0. The largest absolute Gasteiger partial charge is 0.320 e. The van der Waals surface area contributed by atoms with Gasteiger partial charge in [-0.2, -0.15) is 0 Å². The fourth-order valence-electron chi connectivity index (χ4n) is 2.20. The Morgan fingerprint density at radius 3 is 3.14 bits per heavy atom. The normalized spacial score (nSPS) is 12.4. The molecule has 0 fully saturated rings. The summed E-state index contributed by atoms with van der Waals surface area (Å²) in [6, 6.07) is 1.70. The SMILES string of the molecule is NCC#Cc1cncc(C(=O)Nc2nc3c(s2)CCC3)c1. The first-order chi connectivity index (χ1) is 10.3. The van der Waals surface area contributed by atoms with E-state index >= 15 is 0 Å². The lowest BCUT2D eigenvalue weighted by atomic mass is 10.2. The number of nitrogens with two attached hydrogens (primary N) is 1. The van der Waals surface area contributed by atoms with Crippen molar-refractivity contribution in [2.45, 2.75) is 19.3 Å². The molecule has 2 aromatic rings. The molecule has 6 heteroatoms. The lowest BCUT2D eigenvalue weighted by Crippen LogP contribution is -2.12. The van der Waals surface area contributed by atoms with Gasteiger partial charge in [0.05, 0.1) is 17.8 Å². The van der Waals surface area contributed by atoms with Gasteiger partial charge in [-0.1, -0.05) is 11.8 Å². The topological polar surface area (TPSA) is 80.9 Å². The number of amides is 1. The molecule has 0 spiro atoms. The van der Waals surface area contributed by atoms with Crippen molar-refractivity contribution in [1.29, 1.82) is 0 Å². The van der Waals surface area contributed by atoms with Crippen molar-refractivity contribution in [3.8, 4) is 11.8 Å². The van der Waals surface area contributed by atoms with Crippen molar-refractivity contribution in [2.24, 2.45) is 5.73 Å². The van der Waals surface area contributed by atoms with E-state index in [2.05, 4.69) is 27.1 Å². The zero-order valence-corrected chi connectivity index (χ0v) is 12.2. The minimum atomic E-state index is -0.216. The van der Waals surface area contributed by atoms with Gasteiger partial charge in [-0.25, -0.2) is 4.98 Å². The average molecular weight is 298 g/mol. The van der Waals surface area contributed by atoms with Gasteiger partial charge in [0.25, 0.3) is 5.91 Å². The van der Waals surface area contributed by atoms with E-state index in [0.717, 1.165) is 25.0 Å². The smallest absolute Gasteiger partial charge is 0.259 e. The average Bonchev–Trinajstić information content (AvgIpc) is 3.06. The van der Waals surface area contributed by atoms with Crippen molar-refractivity contribution in [3.63, 3.8) is 0 Å². The standard InChI is InChI=1S/C15H14N4OS/c16-6-2-3-10-7-11(9-17-8-10)14(20)19-15-18-12-4-1-5-13(12)21-15/h7-9H,1,4-6,16H2,(H,18,19,20). The first kappa shape index (κ1) is 13.7. The monoisotopic (exact) mass is 298 g/mol. The molecule has 5 nitrogen and oxygen atoms in total. The van der Waals surface area contributed by atoms with Gasteiger partial charge in [-0.15, -0.1) is 11.3 Å². The van der Waals surface area contributed by atoms with Gasteiger partial charge in [0, 0.05) is 22.8 Å². The number of pyridine rings is 1. The van der Waals surface area contributed by atoms with Crippen molar-refractivity contribution < 1.29 is 4.79 Å². The number of carbonyl (C=O) groups excluding carboxylic acids is 1. The molecule has 0 aromatic carbocycles. The third-order valence-electron chi connectivity index (χ3n) is 3.15. The van der Waals surface area contributed by atoms with Crippen LogP contribution in [0.3, 0.4) is 0 Å². The molecule has 2 aromatic heterocycles. The molecule has 106 valence electrons. The second-order valence-corrected chi connectivity index (χ2v) is 5.75. The Balaban J connectivity index is 1.75. The summed E-state index contributed by atoms with van der Waals surface area (Å²) in [5, 5.41) is 3.48. The molecule has 0 atom stereocenters. The highest BCUT2D eigenvalue weighted by Gasteiger charge is 2.18. The van der Waals surface area contributed by atoms with Crippen molar-refractivity contribution in [2.75, 3.05) is 11.9 Å². The van der Waals surface area contributed by atoms with Gasteiger partial charge >= 0.3 is 0 Å². The predicted molar refractivity (Wildman–Crippen MR) is 82.3 cm³/mol. The zero-order valence-electron chi connectivity index (χ0n) is 11.3. The maximum atomic E-state index is 12.2. The van der Waals surface area contributed by atoms with Crippen LogP contribution in [-0.2, 0) is 12.8 Å². The fraction of sp³-hybridized carbons (Fsp3) is 0.267. The number of fused-ring (bicyclic) bond motifs is 1. The van der Waals surface area contributed by atoms with Gasteiger partial charge < -0.3 is 5.73 Å².